The van der Waals surface area contributed by atoms with Gasteiger partial charge in [0.1, 0.15) is 0 Å². The fourth-order valence-electron chi connectivity index (χ4n) is 1.75. The van der Waals surface area contributed by atoms with Gasteiger partial charge >= 0.3 is 8.80 Å². The molecule has 0 aliphatic heterocycles. The average molecular weight is 280 g/mol. The van der Waals surface area contributed by atoms with Crippen LogP contribution < -0.4 is 11.1 Å². The molecular weight excluding hydrogens is 252 g/mol. The number of hydrogen-bond donors (Lipinski definition) is 3. The quantitative estimate of drug-likeness (QED) is 0.343. The van der Waals surface area contributed by atoms with Crippen LogP contribution in [0.4, 0.5) is 0 Å². The van der Waals surface area contributed by atoms with Gasteiger partial charge in [-0.05, 0) is 12.8 Å². The Morgan fingerprint density at radius 3 is 2.28 bits per heavy atom. The van der Waals surface area contributed by atoms with E-state index in [-0.39, 0.29) is 6.10 Å². The second-order valence-corrected chi connectivity index (χ2v) is 7.28. The predicted molar refractivity (Wildman–Crippen MR) is 73.4 cm³/mol. The summed E-state index contributed by atoms with van der Waals surface area (Å²) in [6.45, 7) is 1.93. The molecule has 1 unspecified atom stereocenters. The zero-order chi connectivity index (χ0) is 13.9. The zero-order valence-corrected chi connectivity index (χ0v) is 12.8. The minimum Gasteiger partial charge on any atom is -0.392 e. The predicted octanol–water partition coefficient (Wildman–Crippen LogP) is -0.0560. The smallest absolute Gasteiger partial charge is 0.392 e. The monoisotopic (exact) mass is 280 g/mol. The number of rotatable bonds is 12. The maximum Gasteiger partial charge on any atom is 0.500 e. The summed E-state index contributed by atoms with van der Waals surface area (Å²) in [7, 11) is 2.41. The third-order valence-electron chi connectivity index (χ3n) is 2.90. The van der Waals surface area contributed by atoms with E-state index in [1.165, 1.54) is 0 Å². The zero-order valence-electron chi connectivity index (χ0n) is 11.8. The standard InChI is InChI=1S/C11H28N2O4Si/c1-15-18(16-2,17-3)9-5-4-6-11(14)10-13-8-7-12/h11,13-14H,4-10,12H2,1-3H3. The fraction of sp³-hybridized carbons (Fsp3) is 1.00. The van der Waals surface area contributed by atoms with Crippen LogP contribution in [0.1, 0.15) is 19.3 Å². The third-order valence-corrected chi connectivity index (χ3v) is 5.74. The van der Waals surface area contributed by atoms with Crippen LogP contribution in [0.3, 0.4) is 0 Å². The van der Waals surface area contributed by atoms with Gasteiger partial charge in [-0.1, -0.05) is 6.42 Å². The molecule has 0 spiro atoms. The molecule has 0 amide bonds. The minimum absolute atomic E-state index is 0.319. The molecule has 0 rings (SSSR count). The maximum absolute atomic E-state index is 9.69. The van der Waals surface area contributed by atoms with E-state index in [0.29, 0.717) is 13.1 Å². The molecule has 7 heteroatoms. The summed E-state index contributed by atoms with van der Waals surface area (Å²) >= 11 is 0. The Balaban J connectivity index is 3.64. The number of hydrogen-bond acceptors (Lipinski definition) is 6. The Kier molecular flexibility index (Phi) is 10.8. The van der Waals surface area contributed by atoms with Crippen molar-refractivity contribution in [3.05, 3.63) is 0 Å². The molecule has 0 bridgehead atoms. The van der Waals surface area contributed by atoms with E-state index in [1.807, 2.05) is 0 Å². The van der Waals surface area contributed by atoms with E-state index in [1.54, 1.807) is 21.3 Å². The van der Waals surface area contributed by atoms with Gasteiger partial charge in [-0.15, -0.1) is 0 Å². The first-order chi connectivity index (χ1) is 8.64. The Labute approximate surface area is 111 Å². The van der Waals surface area contributed by atoms with Crippen molar-refractivity contribution in [2.45, 2.75) is 31.4 Å². The normalized spacial score (nSPS) is 13.8. The largest absolute Gasteiger partial charge is 0.500 e. The summed E-state index contributed by atoms with van der Waals surface area (Å²) in [6, 6.07) is 0.777. The van der Waals surface area contributed by atoms with Crippen LogP contribution >= 0.6 is 0 Å². The lowest BCUT2D eigenvalue weighted by Crippen LogP contribution is -2.42. The van der Waals surface area contributed by atoms with Crippen molar-refractivity contribution in [2.24, 2.45) is 5.73 Å². The van der Waals surface area contributed by atoms with E-state index < -0.39 is 8.80 Å². The number of aliphatic hydroxyl groups is 1. The Morgan fingerprint density at radius 1 is 1.17 bits per heavy atom. The van der Waals surface area contributed by atoms with E-state index in [9.17, 15) is 5.11 Å². The molecule has 0 aliphatic carbocycles. The first-order valence-electron chi connectivity index (χ1n) is 6.38. The van der Waals surface area contributed by atoms with Gasteiger partial charge in [0.15, 0.2) is 0 Å². The topological polar surface area (TPSA) is 86.0 Å². The summed E-state index contributed by atoms with van der Waals surface area (Å²) in [5.74, 6) is 0. The first kappa shape index (κ1) is 18.0. The van der Waals surface area contributed by atoms with Crippen LogP contribution in [0, 0.1) is 0 Å². The molecule has 0 aromatic heterocycles. The van der Waals surface area contributed by atoms with Crippen molar-refractivity contribution >= 4 is 8.80 Å². The summed E-state index contributed by atoms with van der Waals surface area (Å²) < 4.78 is 16.0. The molecule has 0 aromatic carbocycles. The molecule has 1 atom stereocenters. The Bertz CT molecular complexity index is 186. The highest BCUT2D eigenvalue weighted by Gasteiger charge is 2.36. The van der Waals surface area contributed by atoms with Crippen LogP contribution in [0.25, 0.3) is 0 Å². The number of aliphatic hydroxyl groups excluding tert-OH is 1. The lowest BCUT2D eigenvalue weighted by molar-refractivity contribution is 0.121. The van der Waals surface area contributed by atoms with Gasteiger partial charge in [0.2, 0.25) is 0 Å². The van der Waals surface area contributed by atoms with Crippen molar-refractivity contribution in [1.29, 1.82) is 0 Å². The fourth-order valence-corrected chi connectivity index (χ4v) is 3.55. The maximum atomic E-state index is 9.69. The molecule has 0 radical (unpaired) electrons. The molecule has 6 nitrogen and oxygen atoms in total. The molecule has 0 fully saturated rings. The molecule has 0 saturated heterocycles. The van der Waals surface area contributed by atoms with Crippen LogP contribution in [-0.2, 0) is 13.3 Å². The van der Waals surface area contributed by atoms with Gasteiger partial charge in [-0.2, -0.15) is 0 Å². The van der Waals surface area contributed by atoms with Crippen molar-refractivity contribution < 1.29 is 18.4 Å². The second-order valence-electron chi connectivity index (χ2n) is 4.19. The minimum atomic E-state index is -2.43. The molecule has 110 valence electrons. The van der Waals surface area contributed by atoms with Crippen molar-refractivity contribution in [3.63, 3.8) is 0 Å². The van der Waals surface area contributed by atoms with Gasteiger partial charge in [0, 0.05) is 47.0 Å². The molecule has 0 aromatic rings. The molecule has 0 aliphatic rings. The van der Waals surface area contributed by atoms with Gasteiger partial charge in [0.05, 0.1) is 6.10 Å². The van der Waals surface area contributed by atoms with Crippen LogP contribution in [0.2, 0.25) is 6.04 Å². The highest BCUT2D eigenvalue weighted by molar-refractivity contribution is 6.60. The molecule has 0 saturated carbocycles. The lowest BCUT2D eigenvalue weighted by atomic mass is 10.1. The highest BCUT2D eigenvalue weighted by atomic mass is 28.4. The SMILES string of the molecule is CO[Si](CCCCC(O)CNCCN)(OC)OC. The second kappa shape index (κ2) is 10.9. The van der Waals surface area contributed by atoms with Gasteiger partial charge in [-0.3, -0.25) is 0 Å². The van der Waals surface area contributed by atoms with E-state index in [0.717, 1.165) is 31.9 Å². The van der Waals surface area contributed by atoms with Gasteiger partial charge < -0.3 is 29.4 Å². The molecule has 4 N–H and O–H groups in total. The van der Waals surface area contributed by atoms with Crippen molar-refractivity contribution in [1.82, 2.24) is 5.32 Å². The summed E-state index contributed by atoms with van der Waals surface area (Å²) in [4.78, 5) is 0. The van der Waals surface area contributed by atoms with E-state index in [2.05, 4.69) is 5.32 Å². The van der Waals surface area contributed by atoms with Crippen molar-refractivity contribution in [3.8, 4) is 0 Å². The average Bonchev–Trinajstić information content (AvgIpc) is 2.40. The van der Waals surface area contributed by atoms with Crippen molar-refractivity contribution in [2.75, 3.05) is 41.0 Å². The van der Waals surface area contributed by atoms with E-state index >= 15 is 0 Å². The summed E-state index contributed by atoms with van der Waals surface area (Å²) in [5.41, 5.74) is 5.35. The van der Waals surface area contributed by atoms with Gasteiger partial charge in [-0.25, -0.2) is 0 Å². The highest BCUT2D eigenvalue weighted by Crippen LogP contribution is 2.17. The summed E-state index contributed by atoms with van der Waals surface area (Å²) in [5, 5.41) is 12.8. The Morgan fingerprint density at radius 2 is 1.78 bits per heavy atom. The van der Waals surface area contributed by atoms with Crippen LogP contribution in [0.15, 0.2) is 0 Å². The Hall–Kier alpha value is -0.0231. The van der Waals surface area contributed by atoms with Crippen LogP contribution in [-0.4, -0.2) is 61.0 Å². The van der Waals surface area contributed by atoms with E-state index in [4.69, 9.17) is 19.0 Å². The number of nitrogens with two attached hydrogens (primary N) is 1. The van der Waals surface area contributed by atoms with Gasteiger partial charge in [0.25, 0.3) is 0 Å². The van der Waals surface area contributed by atoms with Crippen LogP contribution in [0.5, 0.6) is 0 Å². The molecule has 0 heterocycles. The number of nitrogens with one attached hydrogen (secondary N) is 1. The first-order valence-corrected chi connectivity index (χ1v) is 8.31. The third kappa shape index (κ3) is 7.42. The lowest BCUT2D eigenvalue weighted by Gasteiger charge is -2.24. The number of unbranched alkanes of at least 4 members (excludes halogenated alkanes) is 1. The summed E-state index contributed by atoms with van der Waals surface area (Å²) in [6.07, 6.45) is 2.30. The molecule has 18 heavy (non-hydrogen) atoms. The molecular formula is C11H28N2O4Si.